The zero-order valence-corrected chi connectivity index (χ0v) is 15.2. The Bertz CT molecular complexity index is 918. The van der Waals surface area contributed by atoms with Gasteiger partial charge in [0.25, 0.3) is 11.8 Å². The van der Waals surface area contributed by atoms with E-state index < -0.39 is 0 Å². The van der Waals surface area contributed by atoms with Crippen LogP contribution in [0.25, 0.3) is 5.69 Å². The van der Waals surface area contributed by atoms with Crippen molar-refractivity contribution in [3.8, 4) is 5.69 Å². The summed E-state index contributed by atoms with van der Waals surface area (Å²) in [5, 5.41) is 9.76. The number of hydrogen-bond donors (Lipinski definition) is 2. The SMILES string of the molecule is CC(C)NC(=O)c1cccc(C(=O)NCc2ccc(-n3cccn3)cc2)n1. The molecule has 2 heterocycles. The lowest BCUT2D eigenvalue weighted by atomic mass is 10.2. The first-order valence-corrected chi connectivity index (χ1v) is 8.68. The van der Waals surface area contributed by atoms with Crippen LogP contribution in [0.15, 0.2) is 60.9 Å². The highest BCUT2D eigenvalue weighted by Crippen LogP contribution is 2.09. The predicted molar refractivity (Wildman–Crippen MR) is 102 cm³/mol. The number of nitrogens with zero attached hydrogens (tertiary/aromatic N) is 3. The van der Waals surface area contributed by atoms with Crippen LogP contribution < -0.4 is 10.6 Å². The minimum absolute atomic E-state index is 0.00138. The highest BCUT2D eigenvalue weighted by Gasteiger charge is 2.13. The molecular weight excluding hydrogens is 342 g/mol. The Kier molecular flexibility index (Phi) is 5.61. The van der Waals surface area contributed by atoms with Crippen LogP contribution in [0, 0.1) is 0 Å². The standard InChI is InChI=1S/C20H21N5O2/c1-14(2)23-20(27)18-6-3-5-17(24-18)19(26)21-13-15-7-9-16(10-8-15)25-12-4-11-22-25/h3-12,14H,13H2,1-2H3,(H,21,26)(H,23,27). The zero-order valence-electron chi connectivity index (χ0n) is 15.2. The number of amides is 2. The lowest BCUT2D eigenvalue weighted by Crippen LogP contribution is -2.31. The van der Waals surface area contributed by atoms with Crippen molar-refractivity contribution in [2.75, 3.05) is 0 Å². The molecule has 1 aromatic carbocycles. The molecule has 3 aromatic rings. The number of benzene rings is 1. The summed E-state index contributed by atoms with van der Waals surface area (Å²) in [7, 11) is 0. The van der Waals surface area contributed by atoms with Gasteiger partial charge in [0, 0.05) is 25.0 Å². The normalized spacial score (nSPS) is 10.6. The molecule has 0 saturated heterocycles. The maximum absolute atomic E-state index is 12.3. The Hall–Kier alpha value is -3.48. The molecular formula is C20H21N5O2. The van der Waals surface area contributed by atoms with Gasteiger partial charge in [-0.2, -0.15) is 5.10 Å². The van der Waals surface area contributed by atoms with Crippen LogP contribution in [-0.4, -0.2) is 32.6 Å². The molecule has 0 spiro atoms. The summed E-state index contributed by atoms with van der Waals surface area (Å²) in [5.74, 6) is -0.626. The van der Waals surface area contributed by atoms with Gasteiger partial charge in [0.15, 0.2) is 0 Å². The Balaban J connectivity index is 1.61. The molecule has 0 fully saturated rings. The molecule has 138 valence electrons. The van der Waals surface area contributed by atoms with Gasteiger partial charge >= 0.3 is 0 Å². The van der Waals surface area contributed by atoms with E-state index >= 15 is 0 Å². The summed E-state index contributed by atoms with van der Waals surface area (Å²) in [6.45, 7) is 4.10. The smallest absolute Gasteiger partial charge is 0.270 e. The molecule has 2 N–H and O–H groups in total. The fourth-order valence-electron chi connectivity index (χ4n) is 2.48. The number of hydrogen-bond acceptors (Lipinski definition) is 4. The van der Waals surface area contributed by atoms with Crippen molar-refractivity contribution in [1.82, 2.24) is 25.4 Å². The van der Waals surface area contributed by atoms with Gasteiger partial charge in [0.2, 0.25) is 0 Å². The van der Waals surface area contributed by atoms with Crippen molar-refractivity contribution in [2.45, 2.75) is 26.4 Å². The van der Waals surface area contributed by atoms with Crippen molar-refractivity contribution in [2.24, 2.45) is 0 Å². The van der Waals surface area contributed by atoms with Crippen molar-refractivity contribution in [1.29, 1.82) is 0 Å². The molecule has 2 amide bonds. The number of nitrogens with one attached hydrogen (secondary N) is 2. The summed E-state index contributed by atoms with van der Waals surface area (Å²) >= 11 is 0. The predicted octanol–water partition coefficient (Wildman–Crippen LogP) is 2.34. The first-order chi connectivity index (χ1) is 13.0. The fraction of sp³-hybridized carbons (Fsp3) is 0.200. The molecule has 27 heavy (non-hydrogen) atoms. The van der Waals surface area contributed by atoms with E-state index in [0.717, 1.165) is 11.3 Å². The van der Waals surface area contributed by atoms with Crippen LogP contribution >= 0.6 is 0 Å². The third kappa shape index (κ3) is 4.78. The molecule has 7 nitrogen and oxygen atoms in total. The number of carbonyl (C=O) groups is 2. The maximum Gasteiger partial charge on any atom is 0.270 e. The minimum Gasteiger partial charge on any atom is -0.349 e. The Labute approximate surface area is 157 Å². The summed E-state index contributed by atoms with van der Waals surface area (Å²) in [6.07, 6.45) is 3.58. The van der Waals surface area contributed by atoms with Crippen LogP contribution in [-0.2, 0) is 6.54 Å². The average Bonchev–Trinajstić information content (AvgIpc) is 3.21. The molecule has 3 rings (SSSR count). The van der Waals surface area contributed by atoms with Crippen LogP contribution in [0.2, 0.25) is 0 Å². The third-order valence-corrected chi connectivity index (χ3v) is 3.79. The van der Waals surface area contributed by atoms with E-state index in [2.05, 4.69) is 20.7 Å². The fourth-order valence-corrected chi connectivity index (χ4v) is 2.48. The highest BCUT2D eigenvalue weighted by molar-refractivity contribution is 5.96. The molecule has 0 atom stereocenters. The molecule has 0 radical (unpaired) electrons. The number of rotatable bonds is 6. The van der Waals surface area contributed by atoms with Crippen LogP contribution in [0.4, 0.5) is 0 Å². The second-order valence-electron chi connectivity index (χ2n) is 6.34. The largest absolute Gasteiger partial charge is 0.349 e. The van der Waals surface area contributed by atoms with E-state index in [1.165, 1.54) is 0 Å². The molecule has 2 aromatic heterocycles. The zero-order chi connectivity index (χ0) is 19.2. The summed E-state index contributed by atoms with van der Waals surface area (Å²) in [4.78, 5) is 28.5. The van der Waals surface area contributed by atoms with Crippen LogP contribution in [0.5, 0.6) is 0 Å². The number of carbonyl (C=O) groups excluding carboxylic acids is 2. The maximum atomic E-state index is 12.3. The molecule has 0 unspecified atom stereocenters. The Morgan fingerprint density at radius 2 is 1.70 bits per heavy atom. The van der Waals surface area contributed by atoms with Crippen molar-refractivity contribution < 1.29 is 9.59 Å². The van der Waals surface area contributed by atoms with E-state index in [1.807, 2.05) is 50.4 Å². The van der Waals surface area contributed by atoms with Gasteiger partial charge in [-0.05, 0) is 49.7 Å². The second kappa shape index (κ2) is 8.27. The topological polar surface area (TPSA) is 88.9 Å². The Morgan fingerprint density at radius 3 is 2.33 bits per heavy atom. The van der Waals surface area contributed by atoms with Crippen molar-refractivity contribution in [3.63, 3.8) is 0 Å². The van der Waals surface area contributed by atoms with E-state index in [1.54, 1.807) is 29.1 Å². The lowest BCUT2D eigenvalue weighted by Gasteiger charge is -2.09. The van der Waals surface area contributed by atoms with Gasteiger partial charge in [-0.15, -0.1) is 0 Å². The molecule has 0 aliphatic carbocycles. The molecule has 7 heteroatoms. The van der Waals surface area contributed by atoms with Gasteiger partial charge in [0.05, 0.1) is 5.69 Å². The third-order valence-electron chi connectivity index (χ3n) is 3.79. The quantitative estimate of drug-likeness (QED) is 0.703. The van der Waals surface area contributed by atoms with Gasteiger partial charge in [-0.25, -0.2) is 9.67 Å². The molecule has 0 aliphatic heterocycles. The van der Waals surface area contributed by atoms with Crippen LogP contribution in [0.3, 0.4) is 0 Å². The van der Waals surface area contributed by atoms with Gasteiger partial charge < -0.3 is 10.6 Å². The van der Waals surface area contributed by atoms with Crippen molar-refractivity contribution in [3.05, 3.63) is 77.9 Å². The van der Waals surface area contributed by atoms with Crippen LogP contribution in [0.1, 0.15) is 40.4 Å². The summed E-state index contributed by atoms with van der Waals surface area (Å²) < 4.78 is 1.76. The van der Waals surface area contributed by atoms with Gasteiger partial charge in [0.1, 0.15) is 11.4 Å². The highest BCUT2D eigenvalue weighted by atomic mass is 16.2. The molecule has 0 aliphatic rings. The van der Waals surface area contributed by atoms with Gasteiger partial charge in [-0.3, -0.25) is 9.59 Å². The number of pyridine rings is 1. The molecule has 0 bridgehead atoms. The average molecular weight is 363 g/mol. The van der Waals surface area contributed by atoms with E-state index in [0.29, 0.717) is 6.54 Å². The number of aromatic nitrogens is 3. The lowest BCUT2D eigenvalue weighted by molar-refractivity contribution is 0.0936. The van der Waals surface area contributed by atoms with E-state index in [9.17, 15) is 9.59 Å². The minimum atomic E-state index is -0.328. The Morgan fingerprint density at radius 1 is 1.00 bits per heavy atom. The second-order valence-corrected chi connectivity index (χ2v) is 6.34. The molecule has 0 saturated carbocycles. The summed E-state index contributed by atoms with van der Waals surface area (Å²) in [6, 6.07) is 14.4. The first kappa shape index (κ1) is 18.3. The first-order valence-electron chi connectivity index (χ1n) is 8.68. The van der Waals surface area contributed by atoms with Crippen molar-refractivity contribution >= 4 is 11.8 Å². The van der Waals surface area contributed by atoms with E-state index in [-0.39, 0.29) is 29.2 Å². The monoisotopic (exact) mass is 363 g/mol. The van der Waals surface area contributed by atoms with Gasteiger partial charge in [-0.1, -0.05) is 18.2 Å². The summed E-state index contributed by atoms with van der Waals surface area (Å²) in [5.41, 5.74) is 2.33. The van der Waals surface area contributed by atoms with E-state index in [4.69, 9.17) is 0 Å².